The van der Waals surface area contributed by atoms with Crippen LogP contribution in [0.15, 0.2) is 18.2 Å². The van der Waals surface area contributed by atoms with Gasteiger partial charge in [-0.2, -0.15) is 0 Å². The van der Waals surface area contributed by atoms with E-state index in [2.05, 4.69) is 19.2 Å². The molecule has 0 radical (unpaired) electrons. The Bertz CT molecular complexity index is 310. The van der Waals surface area contributed by atoms with Crippen LogP contribution in [0.5, 0.6) is 11.5 Å². The summed E-state index contributed by atoms with van der Waals surface area (Å²) in [6, 6.07) is 5.74. The van der Waals surface area contributed by atoms with E-state index in [-0.39, 0.29) is 0 Å². The van der Waals surface area contributed by atoms with Gasteiger partial charge >= 0.3 is 0 Å². The lowest BCUT2D eigenvalue weighted by Gasteiger charge is -2.13. The van der Waals surface area contributed by atoms with E-state index in [4.69, 9.17) is 9.47 Å². The monoisotopic (exact) mass is 209 g/mol. The van der Waals surface area contributed by atoms with E-state index >= 15 is 0 Å². The molecule has 0 saturated heterocycles. The lowest BCUT2D eigenvalue weighted by Crippen LogP contribution is -2.08. The maximum absolute atomic E-state index is 5.26. The highest BCUT2D eigenvalue weighted by atomic mass is 16.5. The van der Waals surface area contributed by atoms with Gasteiger partial charge in [0.2, 0.25) is 0 Å². The van der Waals surface area contributed by atoms with Gasteiger partial charge in [-0.3, -0.25) is 0 Å². The van der Waals surface area contributed by atoms with E-state index < -0.39 is 0 Å². The fraction of sp³-hybridized carbons (Fsp3) is 0.500. The molecule has 0 fully saturated rings. The lowest BCUT2D eigenvalue weighted by atomic mass is 10.2. The van der Waals surface area contributed by atoms with Crippen molar-refractivity contribution in [2.75, 3.05) is 26.1 Å². The zero-order valence-electron chi connectivity index (χ0n) is 9.83. The molecule has 3 heteroatoms. The van der Waals surface area contributed by atoms with E-state index in [0.717, 1.165) is 23.7 Å². The summed E-state index contributed by atoms with van der Waals surface area (Å²) in [7, 11) is 3.33. The lowest BCUT2D eigenvalue weighted by molar-refractivity contribution is 0.404. The second-order valence-corrected chi connectivity index (χ2v) is 3.84. The van der Waals surface area contributed by atoms with Crippen molar-refractivity contribution >= 4 is 5.69 Å². The second-order valence-electron chi connectivity index (χ2n) is 3.84. The summed E-state index contributed by atoms with van der Waals surface area (Å²) < 4.78 is 10.4. The van der Waals surface area contributed by atoms with Crippen molar-refractivity contribution in [3.8, 4) is 11.5 Å². The highest BCUT2D eigenvalue weighted by Gasteiger charge is 2.04. The minimum atomic E-state index is 0.598. The second kappa shape index (κ2) is 5.49. The third-order valence-electron chi connectivity index (χ3n) is 2.11. The molecule has 0 aliphatic carbocycles. The molecule has 15 heavy (non-hydrogen) atoms. The molecule has 0 aromatic heterocycles. The maximum Gasteiger partial charge on any atom is 0.142 e. The zero-order chi connectivity index (χ0) is 11.3. The van der Waals surface area contributed by atoms with Crippen LogP contribution in [0.3, 0.4) is 0 Å². The van der Waals surface area contributed by atoms with Crippen molar-refractivity contribution in [3.63, 3.8) is 0 Å². The SMILES string of the molecule is COc1ccc(OC)c(NCC(C)C)c1. The Kier molecular flexibility index (Phi) is 4.28. The molecule has 0 saturated carbocycles. The smallest absolute Gasteiger partial charge is 0.142 e. The Morgan fingerprint density at radius 2 is 1.93 bits per heavy atom. The first-order valence-electron chi connectivity index (χ1n) is 5.13. The van der Waals surface area contributed by atoms with Crippen LogP contribution < -0.4 is 14.8 Å². The van der Waals surface area contributed by atoms with Crippen LogP contribution in [0.2, 0.25) is 0 Å². The van der Waals surface area contributed by atoms with Crippen molar-refractivity contribution < 1.29 is 9.47 Å². The molecule has 0 aliphatic rings. The van der Waals surface area contributed by atoms with Crippen molar-refractivity contribution in [3.05, 3.63) is 18.2 Å². The molecule has 1 aromatic rings. The molecule has 0 bridgehead atoms. The number of benzene rings is 1. The minimum Gasteiger partial charge on any atom is -0.497 e. The van der Waals surface area contributed by atoms with Gasteiger partial charge in [0.25, 0.3) is 0 Å². The van der Waals surface area contributed by atoms with Crippen LogP contribution in [0.25, 0.3) is 0 Å². The van der Waals surface area contributed by atoms with Gasteiger partial charge in [0, 0.05) is 12.6 Å². The summed E-state index contributed by atoms with van der Waals surface area (Å²) in [5, 5.41) is 3.33. The number of hydrogen-bond donors (Lipinski definition) is 1. The summed E-state index contributed by atoms with van der Waals surface area (Å²) in [6.07, 6.45) is 0. The summed E-state index contributed by atoms with van der Waals surface area (Å²) in [6.45, 7) is 5.25. The number of anilines is 1. The largest absolute Gasteiger partial charge is 0.497 e. The van der Waals surface area contributed by atoms with Crippen LogP contribution >= 0.6 is 0 Å². The van der Waals surface area contributed by atoms with Crippen molar-refractivity contribution in [1.29, 1.82) is 0 Å². The molecule has 0 atom stereocenters. The van der Waals surface area contributed by atoms with E-state index in [1.807, 2.05) is 18.2 Å². The average molecular weight is 209 g/mol. The zero-order valence-corrected chi connectivity index (χ0v) is 9.83. The van der Waals surface area contributed by atoms with Crippen LogP contribution in [0.1, 0.15) is 13.8 Å². The molecule has 0 spiro atoms. The third kappa shape index (κ3) is 3.35. The van der Waals surface area contributed by atoms with Gasteiger partial charge in [0.05, 0.1) is 19.9 Å². The van der Waals surface area contributed by atoms with Crippen LogP contribution in [0, 0.1) is 5.92 Å². The number of hydrogen-bond acceptors (Lipinski definition) is 3. The van der Waals surface area contributed by atoms with Gasteiger partial charge in [0.1, 0.15) is 11.5 Å². The van der Waals surface area contributed by atoms with Gasteiger partial charge in [-0.25, -0.2) is 0 Å². The Morgan fingerprint density at radius 3 is 2.47 bits per heavy atom. The molecule has 1 rings (SSSR count). The summed E-state index contributed by atoms with van der Waals surface area (Å²) in [4.78, 5) is 0. The van der Waals surface area contributed by atoms with Crippen molar-refractivity contribution in [1.82, 2.24) is 0 Å². The van der Waals surface area contributed by atoms with Gasteiger partial charge in [-0.15, -0.1) is 0 Å². The van der Waals surface area contributed by atoms with Gasteiger partial charge in [0.15, 0.2) is 0 Å². The van der Waals surface area contributed by atoms with E-state index in [1.54, 1.807) is 14.2 Å². The molecular weight excluding hydrogens is 190 g/mol. The Hall–Kier alpha value is -1.38. The van der Waals surface area contributed by atoms with Crippen LogP contribution in [-0.4, -0.2) is 20.8 Å². The van der Waals surface area contributed by atoms with E-state index in [1.165, 1.54) is 0 Å². The van der Waals surface area contributed by atoms with Crippen LogP contribution in [0.4, 0.5) is 5.69 Å². The number of rotatable bonds is 5. The Labute approximate surface area is 91.4 Å². The van der Waals surface area contributed by atoms with Crippen LogP contribution in [-0.2, 0) is 0 Å². The molecule has 84 valence electrons. The van der Waals surface area contributed by atoms with E-state index in [9.17, 15) is 0 Å². The highest BCUT2D eigenvalue weighted by Crippen LogP contribution is 2.28. The standard InChI is InChI=1S/C12H19NO2/c1-9(2)8-13-11-7-10(14-3)5-6-12(11)15-4/h5-7,9,13H,8H2,1-4H3. The quantitative estimate of drug-likeness (QED) is 0.808. The molecule has 3 nitrogen and oxygen atoms in total. The molecule has 1 aromatic carbocycles. The summed E-state index contributed by atoms with van der Waals surface area (Å²) >= 11 is 0. The maximum atomic E-state index is 5.26. The molecular formula is C12H19NO2. The van der Waals surface area contributed by atoms with E-state index in [0.29, 0.717) is 5.92 Å². The molecule has 0 amide bonds. The summed E-state index contributed by atoms with van der Waals surface area (Å²) in [5.74, 6) is 2.28. The van der Waals surface area contributed by atoms with Gasteiger partial charge in [-0.1, -0.05) is 13.8 Å². The topological polar surface area (TPSA) is 30.5 Å². The first-order chi connectivity index (χ1) is 7.17. The van der Waals surface area contributed by atoms with Crippen molar-refractivity contribution in [2.45, 2.75) is 13.8 Å². The third-order valence-corrected chi connectivity index (χ3v) is 2.11. The van der Waals surface area contributed by atoms with Gasteiger partial charge in [-0.05, 0) is 18.1 Å². The fourth-order valence-electron chi connectivity index (χ4n) is 1.27. The molecule has 0 unspecified atom stereocenters. The molecule has 0 heterocycles. The number of nitrogens with one attached hydrogen (secondary N) is 1. The highest BCUT2D eigenvalue weighted by molar-refractivity contribution is 5.59. The number of ether oxygens (including phenoxy) is 2. The fourth-order valence-corrected chi connectivity index (χ4v) is 1.27. The molecule has 1 N–H and O–H groups in total. The predicted molar refractivity (Wildman–Crippen MR) is 62.9 cm³/mol. The first kappa shape index (κ1) is 11.7. The predicted octanol–water partition coefficient (Wildman–Crippen LogP) is 2.77. The minimum absolute atomic E-state index is 0.598. The normalized spacial score (nSPS) is 10.2. The molecule has 0 aliphatic heterocycles. The first-order valence-corrected chi connectivity index (χ1v) is 5.13. The average Bonchev–Trinajstić information content (AvgIpc) is 2.25. The Morgan fingerprint density at radius 1 is 1.20 bits per heavy atom. The summed E-state index contributed by atoms with van der Waals surface area (Å²) in [5.41, 5.74) is 0.977. The Balaban J connectivity index is 2.81. The van der Waals surface area contributed by atoms with Gasteiger partial charge < -0.3 is 14.8 Å². The van der Waals surface area contributed by atoms with Crippen molar-refractivity contribution in [2.24, 2.45) is 5.92 Å². The number of methoxy groups -OCH3 is 2.